The molecule has 28 heavy (non-hydrogen) atoms. The zero-order valence-electron chi connectivity index (χ0n) is 16.1. The molecule has 1 amide bonds. The Balaban J connectivity index is 1.58. The number of piperazine rings is 1. The molecule has 1 aromatic carbocycles. The molecule has 5 nitrogen and oxygen atoms in total. The van der Waals surface area contributed by atoms with Crippen molar-refractivity contribution in [1.82, 2.24) is 9.80 Å². The first-order valence-corrected chi connectivity index (χ1v) is 10.6. The van der Waals surface area contributed by atoms with Crippen molar-refractivity contribution in [1.29, 1.82) is 0 Å². The maximum Gasteiger partial charge on any atom is 0.411 e. The number of anilines is 1. The zero-order chi connectivity index (χ0) is 20.4. The first-order valence-electron chi connectivity index (χ1n) is 9.39. The van der Waals surface area contributed by atoms with Gasteiger partial charge in [-0.15, -0.1) is 11.8 Å². The summed E-state index contributed by atoms with van der Waals surface area (Å²) in [6.07, 6.45) is -1.25. The Morgan fingerprint density at radius 1 is 1.14 bits per heavy atom. The quantitative estimate of drug-likeness (QED) is 0.466. The van der Waals surface area contributed by atoms with E-state index in [9.17, 15) is 18.0 Å². The van der Waals surface area contributed by atoms with Crippen molar-refractivity contribution < 1.29 is 22.7 Å². The predicted octanol–water partition coefficient (Wildman–Crippen LogP) is 3.32. The van der Waals surface area contributed by atoms with E-state index in [0.717, 1.165) is 43.3 Å². The Kier molecular flexibility index (Phi) is 9.57. The third-order valence-corrected chi connectivity index (χ3v) is 5.33. The number of rotatable bonds is 10. The Hall–Kier alpha value is -1.29. The summed E-state index contributed by atoms with van der Waals surface area (Å²) in [5.74, 6) is 0.00532. The first kappa shape index (κ1) is 23.0. The number of amides is 1. The highest BCUT2D eigenvalue weighted by Gasteiger charge is 2.27. The predicted molar refractivity (Wildman–Crippen MR) is 106 cm³/mol. The number of ether oxygens (including phenoxy) is 1. The molecule has 0 aromatic heterocycles. The van der Waals surface area contributed by atoms with Crippen molar-refractivity contribution in [2.24, 2.45) is 0 Å². The highest BCUT2D eigenvalue weighted by atomic mass is 32.2. The van der Waals surface area contributed by atoms with Gasteiger partial charge in [-0.05, 0) is 24.8 Å². The van der Waals surface area contributed by atoms with Gasteiger partial charge in [0.05, 0.1) is 5.69 Å². The molecule has 1 aromatic rings. The van der Waals surface area contributed by atoms with Crippen LogP contribution in [0.15, 0.2) is 29.2 Å². The fourth-order valence-corrected chi connectivity index (χ4v) is 3.59. The number of hydrogen-bond acceptors (Lipinski definition) is 5. The smallest absolute Gasteiger partial charge is 0.372 e. The van der Waals surface area contributed by atoms with Gasteiger partial charge < -0.3 is 19.9 Å². The molecule has 1 aliphatic heterocycles. The molecule has 0 aliphatic carbocycles. The molecular weight excluding hydrogens is 391 g/mol. The molecule has 0 atom stereocenters. The van der Waals surface area contributed by atoms with Gasteiger partial charge in [-0.25, -0.2) is 0 Å². The number of carbonyl (C=O) groups excluding carboxylic acids is 1. The van der Waals surface area contributed by atoms with Crippen LogP contribution in [0.5, 0.6) is 0 Å². The monoisotopic (exact) mass is 419 g/mol. The molecule has 1 heterocycles. The number of benzene rings is 1. The lowest BCUT2D eigenvalue weighted by Gasteiger charge is -2.34. The van der Waals surface area contributed by atoms with E-state index in [1.54, 1.807) is 11.8 Å². The average molecular weight is 420 g/mol. The van der Waals surface area contributed by atoms with Crippen LogP contribution in [-0.4, -0.2) is 80.6 Å². The summed E-state index contributed by atoms with van der Waals surface area (Å²) in [7, 11) is 0. The maximum absolute atomic E-state index is 12.2. The number of nitrogens with one attached hydrogen (secondary N) is 1. The van der Waals surface area contributed by atoms with E-state index in [2.05, 4.69) is 19.9 Å². The number of alkyl halides is 3. The third-order valence-electron chi connectivity index (χ3n) is 4.53. The van der Waals surface area contributed by atoms with Crippen molar-refractivity contribution in [3.8, 4) is 0 Å². The van der Waals surface area contributed by atoms with Gasteiger partial charge in [-0.2, -0.15) is 13.2 Å². The molecule has 0 unspecified atom stereocenters. The van der Waals surface area contributed by atoms with E-state index < -0.39 is 12.8 Å². The van der Waals surface area contributed by atoms with E-state index in [4.69, 9.17) is 0 Å². The molecule has 1 saturated heterocycles. The molecule has 9 heteroatoms. The summed E-state index contributed by atoms with van der Waals surface area (Å²) in [4.78, 5) is 17.7. The summed E-state index contributed by atoms with van der Waals surface area (Å²) in [5, 5.41) is 2.97. The SMILES string of the molecule is CSc1ccccc1NC(=O)CCN1CCN(CCCOCC(F)(F)F)CC1. The summed E-state index contributed by atoms with van der Waals surface area (Å²) < 4.78 is 40.6. The minimum absolute atomic E-state index is 0.00532. The van der Waals surface area contributed by atoms with E-state index in [1.165, 1.54) is 0 Å². The lowest BCUT2D eigenvalue weighted by molar-refractivity contribution is -0.174. The molecule has 1 N–H and O–H groups in total. The Morgan fingerprint density at radius 2 is 1.79 bits per heavy atom. The molecule has 2 rings (SSSR count). The van der Waals surface area contributed by atoms with Crippen LogP contribution in [0, 0.1) is 0 Å². The molecule has 0 radical (unpaired) electrons. The number of halogens is 3. The lowest BCUT2D eigenvalue weighted by atomic mass is 10.2. The standard InChI is InChI=1S/C19H28F3N3O2S/c1-28-17-6-3-2-5-16(17)23-18(26)7-9-25-12-10-24(11-13-25)8-4-14-27-15-19(20,21)22/h2-3,5-6H,4,7-15H2,1H3,(H,23,26). The fourth-order valence-electron chi connectivity index (χ4n) is 3.03. The van der Waals surface area contributed by atoms with Crippen LogP contribution in [0.3, 0.4) is 0 Å². The molecule has 0 bridgehead atoms. The van der Waals surface area contributed by atoms with Crippen LogP contribution in [0.25, 0.3) is 0 Å². The fraction of sp³-hybridized carbons (Fsp3) is 0.632. The van der Waals surface area contributed by atoms with Crippen LogP contribution in [0.4, 0.5) is 18.9 Å². The normalized spacial score (nSPS) is 16.3. The van der Waals surface area contributed by atoms with E-state index in [0.29, 0.717) is 19.4 Å². The molecule has 0 spiro atoms. The Bertz CT molecular complexity index is 608. The van der Waals surface area contributed by atoms with E-state index in [-0.39, 0.29) is 12.5 Å². The number of thioether (sulfide) groups is 1. The van der Waals surface area contributed by atoms with Crippen LogP contribution >= 0.6 is 11.8 Å². The van der Waals surface area contributed by atoms with Crippen molar-refractivity contribution >= 4 is 23.4 Å². The van der Waals surface area contributed by atoms with Crippen molar-refractivity contribution in [2.45, 2.75) is 23.9 Å². The molecule has 0 saturated carbocycles. The zero-order valence-corrected chi connectivity index (χ0v) is 17.0. The van der Waals surface area contributed by atoms with Crippen LogP contribution < -0.4 is 5.32 Å². The van der Waals surface area contributed by atoms with Gasteiger partial charge in [0.15, 0.2) is 0 Å². The van der Waals surface area contributed by atoms with Gasteiger partial charge in [-0.1, -0.05) is 12.1 Å². The molecule has 1 aliphatic rings. The lowest BCUT2D eigenvalue weighted by Crippen LogP contribution is -2.47. The second-order valence-electron chi connectivity index (χ2n) is 6.70. The highest BCUT2D eigenvalue weighted by molar-refractivity contribution is 7.98. The average Bonchev–Trinajstić information content (AvgIpc) is 2.66. The van der Waals surface area contributed by atoms with E-state index in [1.807, 2.05) is 30.5 Å². The van der Waals surface area contributed by atoms with Crippen LogP contribution in [-0.2, 0) is 9.53 Å². The molecule has 158 valence electrons. The van der Waals surface area contributed by atoms with Gasteiger partial charge in [0, 0.05) is 57.2 Å². The van der Waals surface area contributed by atoms with Gasteiger partial charge in [-0.3, -0.25) is 4.79 Å². The van der Waals surface area contributed by atoms with Crippen molar-refractivity contribution in [3.05, 3.63) is 24.3 Å². The number of nitrogens with zero attached hydrogens (tertiary/aromatic N) is 2. The van der Waals surface area contributed by atoms with Gasteiger partial charge >= 0.3 is 6.18 Å². The largest absolute Gasteiger partial charge is 0.411 e. The second kappa shape index (κ2) is 11.6. The van der Waals surface area contributed by atoms with Crippen LogP contribution in [0.1, 0.15) is 12.8 Å². The van der Waals surface area contributed by atoms with Gasteiger partial charge in [0.1, 0.15) is 6.61 Å². The Morgan fingerprint density at radius 3 is 2.43 bits per heavy atom. The first-order chi connectivity index (χ1) is 13.4. The minimum atomic E-state index is -4.25. The Labute approximate surface area is 168 Å². The molecular formula is C19H28F3N3O2S. The summed E-state index contributed by atoms with van der Waals surface area (Å²) in [6.45, 7) is 3.82. The van der Waals surface area contributed by atoms with Crippen molar-refractivity contribution in [2.75, 3.05) is 64.1 Å². The minimum Gasteiger partial charge on any atom is -0.372 e. The second-order valence-corrected chi connectivity index (χ2v) is 7.55. The highest BCUT2D eigenvalue weighted by Crippen LogP contribution is 2.24. The van der Waals surface area contributed by atoms with Gasteiger partial charge in [0.2, 0.25) is 5.91 Å². The summed E-state index contributed by atoms with van der Waals surface area (Å²) in [6, 6.07) is 7.74. The van der Waals surface area contributed by atoms with E-state index >= 15 is 0 Å². The number of carbonyl (C=O) groups is 1. The van der Waals surface area contributed by atoms with Crippen molar-refractivity contribution in [3.63, 3.8) is 0 Å². The molecule has 1 fully saturated rings. The number of hydrogen-bond donors (Lipinski definition) is 1. The summed E-state index contributed by atoms with van der Waals surface area (Å²) >= 11 is 1.60. The van der Waals surface area contributed by atoms with Crippen LogP contribution in [0.2, 0.25) is 0 Å². The topological polar surface area (TPSA) is 44.8 Å². The van der Waals surface area contributed by atoms with Gasteiger partial charge in [0.25, 0.3) is 0 Å². The summed E-state index contributed by atoms with van der Waals surface area (Å²) in [5.41, 5.74) is 0.845. The number of para-hydroxylation sites is 1. The third kappa shape index (κ3) is 8.81. The maximum atomic E-state index is 12.2.